The summed E-state index contributed by atoms with van der Waals surface area (Å²) in [5, 5.41) is 4.54. The number of thiazole rings is 1. The fourth-order valence-corrected chi connectivity index (χ4v) is 9.23. The molecule has 0 aliphatic rings. The summed E-state index contributed by atoms with van der Waals surface area (Å²) in [5.74, 6) is 1.82. The normalized spacial score (nSPS) is 11.1. The Hall–Kier alpha value is -6.84. The third-order valence-corrected chi connectivity index (χ3v) is 12.2. The minimum absolute atomic E-state index is 0.344. The molecule has 5 aromatic heterocycles. The van der Waals surface area contributed by atoms with Crippen molar-refractivity contribution < 1.29 is 15.8 Å². The summed E-state index contributed by atoms with van der Waals surface area (Å²) in [7, 11) is 0. The molecule has 12 heteroatoms. The lowest BCUT2D eigenvalue weighted by atomic mass is 10.1. The van der Waals surface area contributed by atoms with Crippen molar-refractivity contribution in [3.63, 3.8) is 0 Å². The highest BCUT2D eigenvalue weighted by atomic mass is 32.1. The number of hydrogen-bond acceptors (Lipinski definition) is 11. The molecule has 10 nitrogen and oxygen atoms in total. The summed E-state index contributed by atoms with van der Waals surface area (Å²) in [5.41, 5.74) is 5.00. The van der Waals surface area contributed by atoms with E-state index in [1.54, 1.807) is 18.6 Å². The zero-order valence-electron chi connectivity index (χ0n) is 32.2. The van der Waals surface area contributed by atoms with Crippen molar-refractivity contribution in [2.24, 2.45) is 0 Å². The lowest BCUT2D eigenvalue weighted by molar-refractivity contribution is 0.311. The van der Waals surface area contributed by atoms with Crippen LogP contribution in [0.15, 0.2) is 167 Å². The van der Waals surface area contributed by atoms with E-state index in [2.05, 4.69) is 44.7 Å². The maximum atomic E-state index is 12.5. The Labute approximate surface area is 348 Å². The zero-order chi connectivity index (χ0) is 40.1. The van der Waals surface area contributed by atoms with Crippen molar-refractivity contribution in [2.45, 2.75) is 13.8 Å². The Balaban J connectivity index is 0.000000160. The largest absolute Gasteiger partial charge is 1.20 e. The van der Waals surface area contributed by atoms with Gasteiger partial charge in [-0.2, -0.15) is 0 Å². The number of aromatic nitrogens is 4. The molecule has 0 unspecified atom stereocenters. The molecule has 288 valence electrons. The van der Waals surface area contributed by atoms with Crippen molar-refractivity contribution in [1.29, 1.82) is 0 Å². The minimum Gasteiger partial charge on any atom is -0.576 e. The number of hydrogen-bond donors (Lipinski definition) is 0. The first-order valence-corrected chi connectivity index (χ1v) is 21.5. The third kappa shape index (κ3) is 8.02. The van der Waals surface area contributed by atoms with E-state index < -0.39 is 15.1 Å². The van der Waals surface area contributed by atoms with Crippen molar-refractivity contribution in [3.8, 4) is 27.8 Å². The van der Waals surface area contributed by atoms with Gasteiger partial charge in [-0.05, 0) is 80.6 Å². The molecule has 0 radical (unpaired) electrons. The van der Waals surface area contributed by atoms with E-state index in [0.717, 1.165) is 67.1 Å². The van der Waals surface area contributed by atoms with Crippen molar-refractivity contribution in [1.82, 2.24) is 19.9 Å². The maximum Gasteiger partial charge on any atom is 1.20 e. The molecule has 0 aliphatic carbocycles. The number of rotatable bonds is 10. The lowest BCUT2D eigenvalue weighted by Gasteiger charge is -2.20. The van der Waals surface area contributed by atoms with Gasteiger partial charge in [0.25, 0.3) is 0 Å². The predicted molar refractivity (Wildman–Crippen MR) is 238 cm³/mol. The maximum absolute atomic E-state index is 12.5. The van der Waals surface area contributed by atoms with E-state index in [4.69, 9.17) is 15.8 Å². The zero-order valence-corrected chi connectivity index (χ0v) is 34.2. The summed E-state index contributed by atoms with van der Waals surface area (Å²) in [6, 6.07) is 44.9. The highest BCUT2D eigenvalue weighted by molar-refractivity contribution is 7.21. The van der Waals surface area contributed by atoms with E-state index in [0.29, 0.717) is 33.4 Å². The Morgan fingerprint density at radius 1 is 0.593 bits per heavy atom. The van der Waals surface area contributed by atoms with E-state index in [1.165, 1.54) is 11.3 Å². The topological polar surface area (TPSA) is 113 Å². The molecule has 10 rings (SSSR count). The highest BCUT2D eigenvalue weighted by Crippen LogP contribution is 2.32. The molecule has 0 spiro atoms. The molecule has 0 aliphatic heterocycles. The predicted octanol–water partition coefficient (Wildman–Crippen LogP) is 10.8. The fraction of sp³-hybridized carbons (Fsp3) is 0.0851. The second kappa shape index (κ2) is 16.9. The van der Waals surface area contributed by atoms with Gasteiger partial charge in [0.15, 0.2) is 0 Å². The third-order valence-electron chi connectivity index (χ3n) is 9.83. The van der Waals surface area contributed by atoms with Crippen LogP contribution in [0.25, 0.3) is 64.5 Å². The van der Waals surface area contributed by atoms with Crippen molar-refractivity contribution in [3.05, 3.63) is 169 Å². The van der Waals surface area contributed by atoms with Gasteiger partial charge in [0, 0.05) is 65.0 Å². The van der Waals surface area contributed by atoms with Gasteiger partial charge in [0.05, 0.1) is 15.8 Å². The van der Waals surface area contributed by atoms with Crippen LogP contribution in [-0.4, -0.2) is 48.2 Å². The number of nitrogens with zero attached hydrogens (tertiary/aromatic N) is 5. The molecule has 0 saturated carbocycles. The lowest BCUT2D eigenvalue weighted by Crippen LogP contribution is -2.37. The van der Waals surface area contributed by atoms with Gasteiger partial charge in [-0.25, -0.2) is 9.78 Å². The quantitative estimate of drug-likeness (QED) is 0.0977. The Bertz CT molecular complexity index is 2910. The molecule has 0 atom stereocenters. The van der Waals surface area contributed by atoms with Gasteiger partial charge in [-0.1, -0.05) is 66.7 Å². The second-order valence-electron chi connectivity index (χ2n) is 13.5. The van der Waals surface area contributed by atoms with E-state index in [-0.39, 0.29) is 5.63 Å². The molecule has 5 aromatic carbocycles. The first kappa shape index (κ1) is 37.7. The Morgan fingerprint density at radius 2 is 1.12 bits per heavy atom. The monoisotopic (exact) mass is 809 g/mol. The average Bonchev–Trinajstić information content (AvgIpc) is 3.71. The van der Waals surface area contributed by atoms with Crippen LogP contribution in [0.2, 0.25) is 0 Å². The summed E-state index contributed by atoms with van der Waals surface area (Å²) in [6.45, 7) is 6.05. The molecule has 59 heavy (non-hydrogen) atoms. The van der Waals surface area contributed by atoms with Crippen molar-refractivity contribution >= 4 is 86.1 Å². The smallest absolute Gasteiger partial charge is 0.576 e. The molecule has 0 N–H and O–H groups in total. The summed E-state index contributed by atoms with van der Waals surface area (Å²) in [4.78, 5) is 32.8. The fourth-order valence-electron chi connectivity index (χ4n) is 6.92. The van der Waals surface area contributed by atoms with Gasteiger partial charge in [-0.3, -0.25) is 15.0 Å². The first-order valence-electron chi connectivity index (χ1n) is 19.2. The molecular formula is C47H36AlN5O5S. The summed E-state index contributed by atoms with van der Waals surface area (Å²) >= 11 is -1.35. The number of para-hydroxylation sites is 4. The highest BCUT2D eigenvalue weighted by Gasteiger charge is 2.46. The molecule has 0 fully saturated rings. The van der Waals surface area contributed by atoms with Crippen molar-refractivity contribution in [2.75, 3.05) is 18.0 Å². The summed E-state index contributed by atoms with van der Waals surface area (Å²) in [6.07, 6.45) is 5.24. The first-order chi connectivity index (χ1) is 29.0. The van der Waals surface area contributed by atoms with Crippen LogP contribution >= 0.6 is 11.3 Å². The molecule has 0 bridgehead atoms. The molecule has 5 heterocycles. The van der Waals surface area contributed by atoms with Gasteiger partial charge < -0.3 is 20.7 Å². The Kier molecular flexibility index (Phi) is 10.8. The Morgan fingerprint density at radius 3 is 1.64 bits per heavy atom. The SMILES string of the molecule is CCN(CC)c1ccc2cc(-c3nc4ccccc4s3)c(=O)oc2c1.c1cnc2c([O][Al]([O]c3cccc4cccnc34)[O]c3cccc4cccnc34)cccc2c1. The van der Waals surface area contributed by atoms with Crippen LogP contribution in [0.4, 0.5) is 5.69 Å². The van der Waals surface area contributed by atoms with E-state index in [9.17, 15) is 4.79 Å². The van der Waals surface area contributed by atoms with E-state index in [1.807, 2.05) is 133 Å². The van der Waals surface area contributed by atoms with Crippen LogP contribution in [0.5, 0.6) is 17.2 Å². The number of fused-ring (bicyclic) bond motifs is 5. The van der Waals surface area contributed by atoms with Gasteiger partial charge in [-0.15, -0.1) is 11.3 Å². The molecular weight excluding hydrogens is 774 g/mol. The average molecular weight is 810 g/mol. The minimum atomic E-state index is -2.86. The molecule has 10 aromatic rings. The standard InChI is InChI=1S/C20H18N2O2S.3C9H7NO.Al/c1-3-22(4-2)14-10-9-13-11-15(20(23)24-17(13)12-14)19-21-16-7-5-6-8-18(16)25-19;3*11-8-5-1-3-7-4-2-6-10-9(7)8;/h5-12H,3-4H2,1-2H3;3*1-6,11H;/q;;;;+3/p-3. The van der Waals surface area contributed by atoms with Gasteiger partial charge in [0.2, 0.25) is 0 Å². The summed E-state index contributed by atoms with van der Waals surface area (Å²) < 4.78 is 25.9. The molecule has 0 amide bonds. The van der Waals surface area contributed by atoms with E-state index >= 15 is 0 Å². The van der Waals surface area contributed by atoms with Crippen LogP contribution in [0, 0.1) is 0 Å². The van der Waals surface area contributed by atoms with Crippen LogP contribution in [-0.2, 0) is 0 Å². The number of benzene rings is 5. The number of pyridine rings is 3. The van der Waals surface area contributed by atoms with Gasteiger partial charge in [0.1, 0.15) is 44.4 Å². The van der Waals surface area contributed by atoms with Crippen LogP contribution in [0.1, 0.15) is 13.8 Å². The van der Waals surface area contributed by atoms with Crippen LogP contribution in [0.3, 0.4) is 0 Å². The second-order valence-corrected chi connectivity index (χ2v) is 15.8. The number of anilines is 1. The van der Waals surface area contributed by atoms with Gasteiger partial charge >= 0.3 is 20.8 Å². The molecule has 0 saturated heterocycles. The van der Waals surface area contributed by atoms with Crippen LogP contribution < -0.4 is 21.9 Å².